The number of thiophene rings is 1. The van der Waals surface area contributed by atoms with Crippen molar-refractivity contribution in [1.29, 1.82) is 0 Å². The second-order valence-corrected chi connectivity index (χ2v) is 14.0. The van der Waals surface area contributed by atoms with Gasteiger partial charge < -0.3 is 4.42 Å². The SMILES string of the molecule is [2H]c1c([2H])c([2H])c(-c2nc(-c3ccc4c(c3)oc3cccc(-c5c([2H])c([2H])c([2H])c([2H])c5[2H])c34)nc(-n3c4c([2H])c(-c5ccccc5)c([2H])c([2H])c4c4c([2H])c5c(sc6c([2H])c([2H])c([2H])c([2H])c65)c([2H])c43)n2)c([2H])c1[2H]. The van der Waals surface area contributed by atoms with Gasteiger partial charge in [-0.05, 0) is 64.6 Å². The molecule has 4 heterocycles. The average molecular weight is 766 g/mol. The molecule has 5 nitrogen and oxygen atoms in total. The predicted octanol–water partition coefficient (Wildman–Crippen LogP) is 13.9. The van der Waals surface area contributed by atoms with Gasteiger partial charge in [0.25, 0.3) is 0 Å². The highest BCUT2D eigenvalue weighted by Crippen LogP contribution is 2.42. The molecule has 8 aromatic carbocycles. The molecule has 0 saturated carbocycles. The molecular formula is C51H30N4OS. The smallest absolute Gasteiger partial charge is 0.238 e. The number of aromatic nitrogens is 4. The molecule has 0 fully saturated rings. The van der Waals surface area contributed by atoms with Crippen LogP contribution < -0.4 is 0 Å². The lowest BCUT2D eigenvalue weighted by Crippen LogP contribution is -2.06. The quantitative estimate of drug-likeness (QED) is 0.175. The van der Waals surface area contributed by atoms with Gasteiger partial charge >= 0.3 is 0 Å². The van der Waals surface area contributed by atoms with Crippen LogP contribution in [0.5, 0.6) is 0 Å². The number of hydrogen-bond acceptors (Lipinski definition) is 5. The van der Waals surface area contributed by atoms with E-state index in [1.807, 2.05) is 0 Å². The molecule has 12 aromatic rings. The largest absolute Gasteiger partial charge is 0.456 e. The van der Waals surface area contributed by atoms with Gasteiger partial charge in [-0.2, -0.15) is 9.97 Å². The van der Waals surface area contributed by atoms with Gasteiger partial charge in [-0.1, -0.05) is 139 Å². The molecule has 0 spiro atoms. The minimum absolute atomic E-state index is 0.0139. The minimum atomic E-state index is -0.716. The van der Waals surface area contributed by atoms with Crippen molar-refractivity contribution in [2.75, 3.05) is 0 Å². The summed E-state index contributed by atoms with van der Waals surface area (Å²) >= 11 is 0.838. The molecule has 0 unspecified atom stereocenters. The zero-order valence-corrected chi connectivity index (χ0v) is 29.8. The lowest BCUT2D eigenvalue weighted by atomic mass is 9.99. The first-order valence-corrected chi connectivity index (χ1v) is 18.3. The second kappa shape index (κ2) is 12.6. The van der Waals surface area contributed by atoms with Gasteiger partial charge in [-0.15, -0.1) is 11.3 Å². The molecule has 6 heteroatoms. The van der Waals surface area contributed by atoms with Crippen molar-refractivity contribution in [1.82, 2.24) is 19.5 Å². The summed E-state index contributed by atoms with van der Waals surface area (Å²) < 4.78 is 177. The molecule has 57 heavy (non-hydrogen) atoms. The summed E-state index contributed by atoms with van der Waals surface area (Å²) in [6.07, 6.45) is 0. The Labute approximate surface area is 357 Å². The van der Waals surface area contributed by atoms with Crippen molar-refractivity contribution in [3.05, 3.63) is 182 Å². The number of fused-ring (bicyclic) bond motifs is 9. The molecule has 0 bridgehead atoms. The Bertz CT molecular complexity index is 4590. The molecular weight excluding hydrogens is 717 g/mol. The Morgan fingerprint density at radius 2 is 1.23 bits per heavy atom. The van der Waals surface area contributed by atoms with Crippen molar-refractivity contribution in [3.8, 4) is 51.0 Å². The number of rotatable bonds is 5. The molecule has 4 aromatic heterocycles. The zero-order chi connectivity index (χ0) is 54.0. The molecule has 12 rings (SSSR count). The van der Waals surface area contributed by atoms with E-state index >= 15 is 0 Å². The van der Waals surface area contributed by atoms with Crippen LogP contribution in [-0.4, -0.2) is 19.5 Å². The highest BCUT2D eigenvalue weighted by Gasteiger charge is 2.21. The number of furan rings is 1. The van der Waals surface area contributed by atoms with E-state index in [-0.39, 0.29) is 99.3 Å². The fourth-order valence-corrected chi connectivity index (χ4v) is 8.13. The van der Waals surface area contributed by atoms with Gasteiger partial charge in [-0.3, -0.25) is 4.57 Å². The molecule has 0 amide bonds. The van der Waals surface area contributed by atoms with E-state index in [9.17, 15) is 6.85 Å². The maximum atomic E-state index is 9.96. The van der Waals surface area contributed by atoms with Gasteiger partial charge in [0.15, 0.2) is 11.6 Å². The maximum absolute atomic E-state index is 9.96. The fourth-order valence-electron chi connectivity index (χ4n) is 7.16. The predicted molar refractivity (Wildman–Crippen MR) is 236 cm³/mol. The van der Waals surface area contributed by atoms with Gasteiger partial charge in [0.1, 0.15) is 11.2 Å². The third kappa shape index (κ3) is 5.12. The van der Waals surface area contributed by atoms with Crippen LogP contribution in [0.1, 0.15) is 26.0 Å². The minimum Gasteiger partial charge on any atom is -0.456 e. The van der Waals surface area contributed by atoms with Crippen molar-refractivity contribution in [2.45, 2.75) is 0 Å². The van der Waals surface area contributed by atoms with Crippen LogP contribution in [-0.2, 0) is 0 Å². The fraction of sp³-hybridized carbons (Fsp3) is 0. The first-order chi connectivity index (χ1) is 36.2. The normalized spacial score (nSPS) is 16.5. The molecule has 0 N–H and O–H groups in total. The van der Waals surface area contributed by atoms with Crippen LogP contribution in [0, 0.1) is 0 Å². The Hall–Kier alpha value is -7.41. The molecule has 0 aliphatic carbocycles. The van der Waals surface area contributed by atoms with Crippen LogP contribution in [0.3, 0.4) is 0 Å². The van der Waals surface area contributed by atoms with Crippen molar-refractivity contribution < 1.29 is 30.5 Å². The van der Waals surface area contributed by atoms with Crippen LogP contribution in [0.4, 0.5) is 0 Å². The summed E-state index contributed by atoms with van der Waals surface area (Å²) in [6, 6.07) is 8.01. The molecule has 0 saturated heterocycles. The Morgan fingerprint density at radius 3 is 2.07 bits per heavy atom. The second-order valence-electron chi connectivity index (χ2n) is 12.9. The van der Waals surface area contributed by atoms with E-state index in [1.165, 1.54) is 10.6 Å². The van der Waals surface area contributed by atoms with Gasteiger partial charge in [0.05, 0.1) is 37.1 Å². The average Bonchev–Trinajstić information content (AvgIpc) is 4.32. The van der Waals surface area contributed by atoms with Crippen molar-refractivity contribution >= 4 is 75.3 Å². The molecule has 0 aliphatic rings. The van der Waals surface area contributed by atoms with Crippen LogP contribution >= 0.6 is 11.3 Å². The third-order valence-corrected chi connectivity index (χ3v) is 10.7. The Balaban J connectivity index is 1.23. The summed E-state index contributed by atoms with van der Waals surface area (Å²) in [6.45, 7) is 0. The summed E-state index contributed by atoms with van der Waals surface area (Å²) in [7, 11) is 0. The lowest BCUT2D eigenvalue weighted by molar-refractivity contribution is 0.669. The first-order valence-electron chi connectivity index (χ1n) is 27.0. The number of nitrogens with zero attached hydrogens (tertiary/aromatic N) is 4. The highest BCUT2D eigenvalue weighted by molar-refractivity contribution is 7.25. The van der Waals surface area contributed by atoms with Crippen molar-refractivity contribution in [2.24, 2.45) is 0 Å². The summed E-state index contributed by atoms with van der Waals surface area (Å²) in [4.78, 5) is 14.4. The van der Waals surface area contributed by atoms with E-state index in [4.69, 9.17) is 38.6 Å². The van der Waals surface area contributed by atoms with E-state index in [0.717, 1.165) is 11.3 Å². The van der Waals surface area contributed by atoms with Gasteiger partial charge in [0, 0.05) is 52.8 Å². The summed E-state index contributed by atoms with van der Waals surface area (Å²) in [5.41, 5.74) is 0.440. The first kappa shape index (κ1) is 18.5. The van der Waals surface area contributed by atoms with Gasteiger partial charge in [0.2, 0.25) is 5.95 Å². The van der Waals surface area contributed by atoms with Crippen LogP contribution in [0.15, 0.2) is 186 Å². The monoisotopic (exact) mass is 765 g/mol. The third-order valence-electron chi connectivity index (χ3n) is 9.68. The van der Waals surface area contributed by atoms with E-state index in [2.05, 4.69) is 0 Å². The molecule has 0 aliphatic heterocycles. The molecule has 0 radical (unpaired) electrons. The highest BCUT2D eigenvalue weighted by atomic mass is 32.1. The van der Waals surface area contributed by atoms with Crippen LogP contribution in [0.2, 0.25) is 0 Å². The van der Waals surface area contributed by atoms with E-state index in [1.54, 1.807) is 60.7 Å². The Kier molecular flexibility index (Phi) is 4.07. The number of benzene rings is 8. The van der Waals surface area contributed by atoms with Gasteiger partial charge in [-0.25, -0.2) is 4.98 Å². The number of hydrogen-bond donors (Lipinski definition) is 0. The van der Waals surface area contributed by atoms with Crippen LogP contribution in [0.25, 0.3) is 115 Å². The Morgan fingerprint density at radius 1 is 0.474 bits per heavy atom. The summed E-state index contributed by atoms with van der Waals surface area (Å²) in [5, 5.41) is 0.464. The van der Waals surface area contributed by atoms with E-state index in [0.29, 0.717) is 16.3 Å². The zero-order valence-electron chi connectivity index (χ0n) is 48.0. The maximum Gasteiger partial charge on any atom is 0.238 e. The topological polar surface area (TPSA) is 56.7 Å². The summed E-state index contributed by atoms with van der Waals surface area (Å²) in [5.74, 6) is -1.11. The standard InChI is InChI=1S/C51H30N4OS/c1-4-13-31(14-5-1)34-23-25-37-40-29-41-38-19-10-11-22-46(38)57-47(41)30-43(40)55(42(37)27-34)51-53-49(33-17-8-3-9-18-33)52-50(54-51)35-24-26-39-45(28-35)56-44-21-12-20-36(48(39)44)32-15-6-2-7-16-32/h1-30H/i2D,3D,6D,7D,8D,9D,10D,11D,15D,16D,17D,18D,19D,22D,23D,25D,27D,29D,30D. The molecule has 0 atom stereocenters. The molecule has 266 valence electrons. The lowest BCUT2D eigenvalue weighted by Gasteiger charge is -2.11. The van der Waals surface area contributed by atoms with E-state index < -0.39 is 114 Å². The van der Waals surface area contributed by atoms with Crippen molar-refractivity contribution in [3.63, 3.8) is 0 Å².